The van der Waals surface area contributed by atoms with Crippen molar-refractivity contribution in [1.29, 1.82) is 5.26 Å². The first-order valence-corrected chi connectivity index (χ1v) is 10.7. The number of nitrogens with one attached hydrogen (secondary N) is 1. The van der Waals surface area contributed by atoms with Gasteiger partial charge in [0.2, 0.25) is 0 Å². The van der Waals surface area contributed by atoms with Crippen LogP contribution >= 0.6 is 11.3 Å². The minimum Gasteiger partial charge on any atom is -0.497 e. The standard InChI is InChI=1S/C25H21N3O2S/c1-4-18-15(2)31-25(21(18)14-26)28-24(29)20-13-23(16-8-7-9-17(12-16)30-3)27-22-11-6-5-10-19(20)22/h5-13H,4H2,1-3H3,(H,28,29). The van der Waals surface area contributed by atoms with Crippen LogP contribution in [0.15, 0.2) is 54.6 Å². The van der Waals surface area contributed by atoms with Gasteiger partial charge < -0.3 is 10.1 Å². The van der Waals surface area contributed by atoms with Crippen LogP contribution in [0.1, 0.15) is 33.3 Å². The van der Waals surface area contributed by atoms with Crippen LogP contribution in [0.25, 0.3) is 22.2 Å². The molecule has 0 atom stereocenters. The molecule has 1 N–H and O–H groups in total. The number of ether oxygens (including phenoxy) is 1. The van der Waals surface area contributed by atoms with Crippen molar-refractivity contribution in [3.8, 4) is 23.1 Å². The van der Waals surface area contributed by atoms with Crippen LogP contribution in [-0.4, -0.2) is 18.0 Å². The first kappa shape index (κ1) is 20.6. The maximum atomic E-state index is 13.3. The zero-order valence-corrected chi connectivity index (χ0v) is 18.3. The minimum absolute atomic E-state index is 0.261. The van der Waals surface area contributed by atoms with Crippen LogP contribution in [0.3, 0.4) is 0 Å². The van der Waals surface area contributed by atoms with Gasteiger partial charge in [-0.2, -0.15) is 5.26 Å². The van der Waals surface area contributed by atoms with E-state index in [-0.39, 0.29) is 5.91 Å². The molecule has 5 nitrogen and oxygen atoms in total. The number of pyridine rings is 1. The van der Waals surface area contributed by atoms with E-state index < -0.39 is 0 Å². The molecule has 0 aliphatic rings. The van der Waals surface area contributed by atoms with Gasteiger partial charge in [0.15, 0.2) is 0 Å². The van der Waals surface area contributed by atoms with Gasteiger partial charge in [-0.15, -0.1) is 11.3 Å². The summed E-state index contributed by atoms with van der Waals surface area (Å²) >= 11 is 1.44. The summed E-state index contributed by atoms with van der Waals surface area (Å²) in [5, 5.41) is 13.9. The van der Waals surface area contributed by atoms with E-state index in [0.717, 1.165) is 39.1 Å². The number of methoxy groups -OCH3 is 1. The van der Waals surface area contributed by atoms with E-state index in [1.807, 2.05) is 62.4 Å². The number of hydrogen-bond acceptors (Lipinski definition) is 5. The van der Waals surface area contributed by atoms with Crippen molar-refractivity contribution in [1.82, 2.24) is 4.98 Å². The molecular formula is C25H21N3O2S. The van der Waals surface area contributed by atoms with Gasteiger partial charge in [-0.3, -0.25) is 4.79 Å². The molecule has 31 heavy (non-hydrogen) atoms. The Hall–Kier alpha value is -3.69. The molecule has 2 aromatic carbocycles. The molecule has 0 saturated heterocycles. The van der Waals surface area contributed by atoms with Crippen molar-refractivity contribution >= 4 is 33.1 Å². The van der Waals surface area contributed by atoms with E-state index in [9.17, 15) is 10.1 Å². The molecule has 4 rings (SSSR count). The van der Waals surface area contributed by atoms with Crippen molar-refractivity contribution in [2.45, 2.75) is 20.3 Å². The van der Waals surface area contributed by atoms with Crippen molar-refractivity contribution in [3.63, 3.8) is 0 Å². The predicted octanol–water partition coefficient (Wildman–Crippen LogP) is 5.97. The lowest BCUT2D eigenvalue weighted by Crippen LogP contribution is -2.13. The molecule has 0 saturated carbocycles. The van der Waals surface area contributed by atoms with E-state index in [0.29, 0.717) is 21.8 Å². The Morgan fingerprint density at radius 2 is 2.00 bits per heavy atom. The molecule has 0 bridgehead atoms. The van der Waals surface area contributed by atoms with E-state index in [4.69, 9.17) is 9.72 Å². The number of benzene rings is 2. The molecule has 2 heterocycles. The minimum atomic E-state index is -0.261. The smallest absolute Gasteiger partial charge is 0.257 e. The number of amides is 1. The second kappa shape index (κ2) is 8.58. The lowest BCUT2D eigenvalue weighted by atomic mass is 10.0. The highest BCUT2D eigenvalue weighted by atomic mass is 32.1. The molecule has 0 radical (unpaired) electrons. The Kier molecular flexibility index (Phi) is 5.70. The molecule has 154 valence electrons. The number of rotatable bonds is 5. The highest BCUT2D eigenvalue weighted by molar-refractivity contribution is 7.16. The van der Waals surface area contributed by atoms with Gasteiger partial charge in [-0.25, -0.2) is 4.98 Å². The second-order valence-electron chi connectivity index (χ2n) is 7.06. The molecule has 4 aromatic rings. The lowest BCUT2D eigenvalue weighted by Gasteiger charge is -2.11. The summed E-state index contributed by atoms with van der Waals surface area (Å²) in [6, 6.07) is 19.2. The van der Waals surface area contributed by atoms with Gasteiger partial charge in [-0.1, -0.05) is 37.3 Å². The zero-order chi connectivity index (χ0) is 22.0. The van der Waals surface area contributed by atoms with E-state index in [1.54, 1.807) is 13.2 Å². The highest BCUT2D eigenvalue weighted by Crippen LogP contribution is 2.34. The van der Waals surface area contributed by atoms with Crippen LogP contribution < -0.4 is 10.1 Å². The summed E-state index contributed by atoms with van der Waals surface area (Å²) in [6.07, 6.45) is 0.749. The number of anilines is 1. The normalized spacial score (nSPS) is 10.6. The average Bonchev–Trinajstić information content (AvgIpc) is 3.11. The lowest BCUT2D eigenvalue weighted by molar-refractivity contribution is 0.102. The Bertz CT molecular complexity index is 1330. The summed E-state index contributed by atoms with van der Waals surface area (Å²) in [5.41, 5.74) is 4.31. The number of carbonyl (C=O) groups is 1. The van der Waals surface area contributed by atoms with E-state index in [2.05, 4.69) is 11.4 Å². The Morgan fingerprint density at radius 1 is 1.19 bits per heavy atom. The maximum absolute atomic E-state index is 13.3. The molecular weight excluding hydrogens is 406 g/mol. The summed E-state index contributed by atoms with van der Waals surface area (Å²) in [5.74, 6) is 0.460. The van der Waals surface area contributed by atoms with Gasteiger partial charge in [0, 0.05) is 15.8 Å². The summed E-state index contributed by atoms with van der Waals surface area (Å²) in [4.78, 5) is 19.1. The Morgan fingerprint density at radius 3 is 2.74 bits per heavy atom. The second-order valence-corrected chi connectivity index (χ2v) is 8.29. The van der Waals surface area contributed by atoms with Crippen LogP contribution in [0.4, 0.5) is 5.00 Å². The summed E-state index contributed by atoms with van der Waals surface area (Å²) in [7, 11) is 1.62. The van der Waals surface area contributed by atoms with E-state index in [1.165, 1.54) is 11.3 Å². The molecule has 6 heteroatoms. The predicted molar refractivity (Wildman–Crippen MR) is 125 cm³/mol. The monoisotopic (exact) mass is 427 g/mol. The number of hydrogen-bond donors (Lipinski definition) is 1. The van der Waals surface area contributed by atoms with Crippen molar-refractivity contribution in [2.24, 2.45) is 0 Å². The maximum Gasteiger partial charge on any atom is 0.257 e. The van der Waals surface area contributed by atoms with Gasteiger partial charge in [-0.05, 0) is 43.2 Å². The van der Waals surface area contributed by atoms with Crippen molar-refractivity contribution < 1.29 is 9.53 Å². The molecule has 0 unspecified atom stereocenters. The van der Waals surface area contributed by atoms with Crippen molar-refractivity contribution in [2.75, 3.05) is 12.4 Å². The zero-order valence-electron chi connectivity index (χ0n) is 17.5. The fourth-order valence-corrected chi connectivity index (χ4v) is 4.77. The first-order valence-electron chi connectivity index (χ1n) is 9.93. The topological polar surface area (TPSA) is 75.0 Å². The number of nitrogens with zero attached hydrogens (tertiary/aromatic N) is 2. The number of aryl methyl sites for hydroxylation is 1. The molecule has 2 aromatic heterocycles. The molecule has 0 fully saturated rings. The summed E-state index contributed by atoms with van der Waals surface area (Å²) in [6.45, 7) is 3.99. The number of fused-ring (bicyclic) bond motifs is 1. The van der Waals surface area contributed by atoms with Crippen molar-refractivity contribution in [3.05, 3.63) is 76.2 Å². The summed E-state index contributed by atoms with van der Waals surface area (Å²) < 4.78 is 5.33. The SMILES string of the molecule is CCc1c(C)sc(NC(=O)c2cc(-c3cccc(OC)c3)nc3ccccc23)c1C#N. The number of thiophene rings is 1. The van der Waals surface area contributed by atoms with Crippen LogP contribution in [0, 0.1) is 18.3 Å². The number of aromatic nitrogens is 1. The van der Waals surface area contributed by atoms with Gasteiger partial charge in [0.25, 0.3) is 5.91 Å². The quantitative estimate of drug-likeness (QED) is 0.426. The third-order valence-electron chi connectivity index (χ3n) is 5.23. The number of carbonyl (C=O) groups excluding carboxylic acids is 1. The van der Waals surface area contributed by atoms with Gasteiger partial charge >= 0.3 is 0 Å². The molecule has 0 spiro atoms. The Labute approximate surface area is 184 Å². The molecule has 0 aliphatic carbocycles. The highest BCUT2D eigenvalue weighted by Gasteiger charge is 2.19. The van der Waals surface area contributed by atoms with Gasteiger partial charge in [0.05, 0.1) is 29.4 Å². The third kappa shape index (κ3) is 3.88. The van der Waals surface area contributed by atoms with Crippen LogP contribution in [0.2, 0.25) is 0 Å². The fraction of sp³-hybridized carbons (Fsp3) is 0.160. The fourth-order valence-electron chi connectivity index (χ4n) is 3.67. The van der Waals surface area contributed by atoms with E-state index >= 15 is 0 Å². The Balaban J connectivity index is 1.81. The third-order valence-corrected chi connectivity index (χ3v) is 6.29. The number of nitriles is 1. The first-order chi connectivity index (χ1) is 15.0. The average molecular weight is 428 g/mol. The number of para-hydroxylation sites is 1. The van der Waals surface area contributed by atoms with Crippen LogP contribution in [0.5, 0.6) is 5.75 Å². The van der Waals surface area contributed by atoms with Crippen LogP contribution in [-0.2, 0) is 6.42 Å². The molecule has 1 amide bonds. The van der Waals surface area contributed by atoms with Gasteiger partial charge in [0.1, 0.15) is 16.8 Å². The molecule has 0 aliphatic heterocycles. The largest absolute Gasteiger partial charge is 0.497 e.